The second kappa shape index (κ2) is 9.47. The lowest BCUT2D eigenvalue weighted by Gasteiger charge is -2.06. The lowest BCUT2D eigenvalue weighted by atomic mass is 10.2. The fourth-order valence-electron chi connectivity index (χ4n) is 2.56. The molecular weight excluding hydrogens is 420 g/mol. The molecule has 152 valence electrons. The summed E-state index contributed by atoms with van der Waals surface area (Å²) in [7, 11) is 0. The number of anilines is 2. The van der Waals surface area contributed by atoms with Crippen molar-refractivity contribution in [1.29, 1.82) is 0 Å². The molecule has 1 heterocycles. The lowest BCUT2D eigenvalue weighted by Crippen LogP contribution is -2.22. The number of rotatable bonds is 5. The largest absolute Gasteiger partial charge is 0.326 e. The maximum atomic E-state index is 12.7. The van der Waals surface area contributed by atoms with Crippen LogP contribution in [0.5, 0.6) is 0 Å². The van der Waals surface area contributed by atoms with Crippen LogP contribution in [0, 0.1) is 0 Å². The second-order valence-corrected chi connectivity index (χ2v) is 8.02. The predicted octanol–water partition coefficient (Wildman–Crippen LogP) is 3.84. The van der Waals surface area contributed by atoms with E-state index in [9.17, 15) is 14.4 Å². The summed E-state index contributed by atoms with van der Waals surface area (Å²) in [6.45, 7) is 2.88. The molecule has 7 nitrogen and oxygen atoms in total. The number of nitrogens with one attached hydrogen (secondary N) is 2. The third-order valence-electron chi connectivity index (χ3n) is 3.86. The Bertz CT molecular complexity index is 1060. The molecule has 0 radical (unpaired) electrons. The highest BCUT2D eigenvalue weighted by Gasteiger charge is 2.32. The van der Waals surface area contributed by atoms with Crippen LogP contribution in [0.4, 0.5) is 11.4 Å². The molecule has 2 aromatic rings. The monoisotopic (exact) mass is 438 g/mol. The van der Waals surface area contributed by atoms with Crippen molar-refractivity contribution < 1.29 is 14.4 Å². The minimum absolute atomic E-state index is 0.147. The highest BCUT2D eigenvalue weighted by atomic mass is 32.2. The van der Waals surface area contributed by atoms with Crippen molar-refractivity contribution in [3.8, 4) is 0 Å². The topological polar surface area (TPSA) is 90.9 Å². The van der Waals surface area contributed by atoms with Gasteiger partial charge in [0.05, 0.1) is 11.1 Å². The van der Waals surface area contributed by atoms with E-state index >= 15 is 0 Å². The van der Waals surface area contributed by atoms with Crippen LogP contribution in [0.2, 0.25) is 0 Å². The van der Waals surface area contributed by atoms with Crippen LogP contribution in [0.1, 0.15) is 25.0 Å². The van der Waals surface area contributed by atoms with Crippen LogP contribution >= 0.6 is 24.0 Å². The Morgan fingerprint density at radius 1 is 0.933 bits per heavy atom. The quantitative estimate of drug-likeness (QED) is 0.421. The summed E-state index contributed by atoms with van der Waals surface area (Å²) >= 11 is 6.46. The first-order valence-electron chi connectivity index (χ1n) is 8.89. The van der Waals surface area contributed by atoms with Gasteiger partial charge in [-0.25, -0.2) is 0 Å². The minimum atomic E-state index is -0.304. The van der Waals surface area contributed by atoms with Gasteiger partial charge < -0.3 is 10.6 Å². The summed E-state index contributed by atoms with van der Waals surface area (Å²) in [5.74, 6) is -0.598. The van der Waals surface area contributed by atoms with Gasteiger partial charge in [-0.3, -0.25) is 14.4 Å². The van der Waals surface area contributed by atoms with E-state index in [1.807, 2.05) is 0 Å². The molecule has 3 rings (SSSR count). The normalized spacial score (nSPS) is 15.1. The summed E-state index contributed by atoms with van der Waals surface area (Å²) in [6, 6.07) is 14.2. The van der Waals surface area contributed by atoms with Crippen molar-refractivity contribution >= 4 is 69.7 Å². The molecule has 1 saturated heterocycles. The molecule has 1 aliphatic heterocycles. The summed E-state index contributed by atoms with van der Waals surface area (Å²) in [6.07, 6.45) is 3.27. The zero-order valence-electron chi connectivity index (χ0n) is 16.2. The fraction of sp³-hybridized carbons (Fsp3) is 0.0952. The maximum Gasteiger partial charge on any atom is 0.286 e. The number of carbonyl (C=O) groups excluding carboxylic acids is 3. The Kier molecular flexibility index (Phi) is 6.76. The number of carbonyl (C=O) groups is 3. The van der Waals surface area contributed by atoms with E-state index in [-0.39, 0.29) is 17.7 Å². The highest BCUT2D eigenvalue weighted by molar-refractivity contribution is 8.26. The van der Waals surface area contributed by atoms with Gasteiger partial charge >= 0.3 is 0 Å². The van der Waals surface area contributed by atoms with E-state index in [4.69, 9.17) is 12.2 Å². The number of thiocarbonyl (C=S) groups is 1. The predicted molar refractivity (Wildman–Crippen MR) is 124 cm³/mol. The van der Waals surface area contributed by atoms with Gasteiger partial charge in [-0.2, -0.15) is 10.1 Å². The van der Waals surface area contributed by atoms with Gasteiger partial charge in [-0.1, -0.05) is 36.0 Å². The van der Waals surface area contributed by atoms with Gasteiger partial charge in [0.15, 0.2) is 4.32 Å². The SMILES string of the molecule is CC(=O)Nc1ccc(/C=N/N2C(=O)/C(=C\c3ccc(NC(C)=O)cc3)SC2=S)cc1. The van der Waals surface area contributed by atoms with Crippen LogP contribution < -0.4 is 10.6 Å². The number of hydrogen-bond donors (Lipinski definition) is 2. The average Bonchev–Trinajstić information content (AvgIpc) is 2.95. The number of benzene rings is 2. The number of hydrogen-bond acceptors (Lipinski definition) is 6. The molecule has 0 spiro atoms. The number of amides is 3. The molecule has 1 fully saturated rings. The summed E-state index contributed by atoms with van der Waals surface area (Å²) < 4.78 is 0.340. The molecule has 0 unspecified atom stereocenters. The van der Waals surface area contributed by atoms with Crippen molar-refractivity contribution in [2.75, 3.05) is 10.6 Å². The van der Waals surface area contributed by atoms with E-state index in [1.54, 1.807) is 54.6 Å². The van der Waals surface area contributed by atoms with Crippen molar-refractivity contribution in [2.45, 2.75) is 13.8 Å². The lowest BCUT2D eigenvalue weighted by molar-refractivity contribution is -0.122. The Balaban J connectivity index is 1.69. The van der Waals surface area contributed by atoms with Gasteiger partial charge in [0.2, 0.25) is 11.8 Å². The molecule has 0 aliphatic carbocycles. The van der Waals surface area contributed by atoms with Crippen LogP contribution in [0.3, 0.4) is 0 Å². The van der Waals surface area contributed by atoms with Crippen LogP contribution in [0.15, 0.2) is 58.5 Å². The third-order valence-corrected chi connectivity index (χ3v) is 5.14. The smallest absolute Gasteiger partial charge is 0.286 e. The molecule has 9 heteroatoms. The van der Waals surface area contributed by atoms with Gasteiger partial charge in [0, 0.05) is 25.2 Å². The van der Waals surface area contributed by atoms with Gasteiger partial charge in [-0.15, -0.1) is 0 Å². The number of hydrazone groups is 1. The second-order valence-electron chi connectivity index (χ2n) is 6.34. The summed E-state index contributed by atoms with van der Waals surface area (Å²) in [5.41, 5.74) is 2.93. The van der Waals surface area contributed by atoms with E-state index < -0.39 is 0 Å². The molecule has 1 aliphatic rings. The molecule has 0 bridgehead atoms. The first-order valence-corrected chi connectivity index (χ1v) is 10.1. The molecule has 30 heavy (non-hydrogen) atoms. The molecule has 3 amide bonds. The molecule has 0 saturated carbocycles. The highest BCUT2D eigenvalue weighted by Crippen LogP contribution is 2.32. The van der Waals surface area contributed by atoms with Gasteiger partial charge in [0.25, 0.3) is 5.91 Å². The van der Waals surface area contributed by atoms with Crippen molar-refractivity contribution in [3.05, 3.63) is 64.6 Å². The molecule has 0 aromatic heterocycles. The Hall–Kier alpha value is -3.30. The van der Waals surface area contributed by atoms with Crippen molar-refractivity contribution in [1.82, 2.24) is 5.01 Å². The summed E-state index contributed by atoms with van der Waals surface area (Å²) in [5, 5.41) is 10.8. The summed E-state index contributed by atoms with van der Waals surface area (Å²) in [4.78, 5) is 35.3. The van der Waals surface area contributed by atoms with E-state index in [0.717, 1.165) is 11.1 Å². The van der Waals surface area contributed by atoms with Crippen LogP contribution in [-0.4, -0.2) is 33.3 Å². The molecule has 0 atom stereocenters. The van der Waals surface area contributed by atoms with Gasteiger partial charge in [-0.05, 0) is 53.7 Å². The standard InChI is InChI=1S/C21H18N4O3S2/c1-13(26)23-17-7-3-15(4-8-17)11-19-20(28)25(21(29)30-19)22-12-16-5-9-18(10-6-16)24-14(2)27/h3-12H,1-2H3,(H,23,26)(H,24,27)/b19-11+,22-12+. The first kappa shape index (κ1) is 21.4. The zero-order valence-corrected chi connectivity index (χ0v) is 17.8. The van der Waals surface area contributed by atoms with E-state index in [1.165, 1.54) is 36.8 Å². The Morgan fingerprint density at radius 2 is 1.43 bits per heavy atom. The first-order chi connectivity index (χ1) is 14.3. The van der Waals surface area contributed by atoms with Gasteiger partial charge in [0.1, 0.15) is 0 Å². The van der Waals surface area contributed by atoms with Crippen molar-refractivity contribution in [3.63, 3.8) is 0 Å². The number of nitrogens with zero attached hydrogens (tertiary/aromatic N) is 2. The minimum Gasteiger partial charge on any atom is -0.326 e. The Labute approximate surface area is 183 Å². The zero-order chi connectivity index (χ0) is 21.7. The van der Waals surface area contributed by atoms with Crippen LogP contribution in [0.25, 0.3) is 6.08 Å². The van der Waals surface area contributed by atoms with E-state index in [0.29, 0.717) is 20.6 Å². The maximum absolute atomic E-state index is 12.7. The van der Waals surface area contributed by atoms with Crippen molar-refractivity contribution in [2.24, 2.45) is 5.10 Å². The number of thioether (sulfide) groups is 1. The molecular formula is C21H18N4O3S2. The van der Waals surface area contributed by atoms with E-state index in [2.05, 4.69) is 15.7 Å². The molecule has 2 N–H and O–H groups in total. The third kappa shape index (κ3) is 5.62. The Morgan fingerprint density at radius 3 is 1.93 bits per heavy atom. The van der Waals surface area contributed by atoms with Crippen LogP contribution in [-0.2, 0) is 14.4 Å². The fourth-order valence-corrected chi connectivity index (χ4v) is 3.73. The molecule has 2 aromatic carbocycles. The average molecular weight is 439 g/mol.